The third kappa shape index (κ3) is 2.73. The second-order valence-corrected chi connectivity index (χ2v) is 4.54. The number of aliphatic carboxylic acids is 1. The van der Waals surface area contributed by atoms with E-state index in [2.05, 4.69) is 0 Å². The number of carbonyl (C=O) groups excluding carboxylic acids is 1. The number of carboxylic acid groups (broad SMARTS) is 1. The Hall–Kier alpha value is -2.51. The van der Waals surface area contributed by atoms with Gasteiger partial charge in [0.05, 0.1) is 22.9 Å². The predicted octanol–water partition coefficient (Wildman–Crippen LogP) is 1.17. The van der Waals surface area contributed by atoms with E-state index in [1.807, 2.05) is 0 Å². The molecule has 1 N–H and O–H groups in total. The van der Waals surface area contributed by atoms with Crippen molar-refractivity contribution in [1.82, 2.24) is 4.90 Å². The predicted molar refractivity (Wildman–Crippen MR) is 64.2 cm³/mol. The van der Waals surface area contributed by atoms with Crippen LogP contribution in [0.4, 0.5) is 10.1 Å². The van der Waals surface area contributed by atoms with Gasteiger partial charge < -0.3 is 10.0 Å². The van der Waals surface area contributed by atoms with Crippen molar-refractivity contribution in [3.05, 3.63) is 39.7 Å². The average molecular weight is 282 g/mol. The first-order valence-electron chi connectivity index (χ1n) is 5.82. The molecule has 2 rings (SSSR count). The first-order chi connectivity index (χ1) is 9.38. The summed E-state index contributed by atoms with van der Waals surface area (Å²) >= 11 is 0. The molecule has 1 amide bonds. The van der Waals surface area contributed by atoms with Gasteiger partial charge >= 0.3 is 5.97 Å². The lowest BCUT2D eigenvalue weighted by Gasteiger charge is -2.16. The zero-order valence-corrected chi connectivity index (χ0v) is 10.3. The molecule has 8 heteroatoms. The number of carbonyl (C=O) groups is 2. The Morgan fingerprint density at radius 2 is 2.25 bits per heavy atom. The second kappa shape index (κ2) is 5.24. The van der Waals surface area contributed by atoms with Crippen LogP contribution in [0.3, 0.4) is 0 Å². The van der Waals surface area contributed by atoms with Gasteiger partial charge in [-0.15, -0.1) is 0 Å². The fourth-order valence-electron chi connectivity index (χ4n) is 2.15. The number of halogens is 1. The van der Waals surface area contributed by atoms with Crippen LogP contribution in [0.2, 0.25) is 0 Å². The Morgan fingerprint density at radius 1 is 1.55 bits per heavy atom. The van der Waals surface area contributed by atoms with Gasteiger partial charge in [0.1, 0.15) is 5.82 Å². The molecule has 1 fully saturated rings. The monoisotopic (exact) mass is 282 g/mol. The number of nitrogens with zero attached hydrogens (tertiary/aromatic N) is 2. The highest BCUT2D eigenvalue weighted by Crippen LogP contribution is 2.25. The molecule has 1 saturated heterocycles. The highest BCUT2D eigenvalue weighted by molar-refractivity contribution is 5.86. The molecule has 1 aliphatic rings. The summed E-state index contributed by atoms with van der Waals surface area (Å²) in [4.78, 5) is 33.9. The summed E-state index contributed by atoms with van der Waals surface area (Å²) in [6.07, 6.45) is -0.140. The van der Waals surface area contributed by atoms with Crippen LogP contribution >= 0.6 is 0 Å². The lowest BCUT2D eigenvalue weighted by molar-refractivity contribution is -0.385. The first-order valence-corrected chi connectivity index (χ1v) is 5.82. The van der Waals surface area contributed by atoms with Crippen LogP contribution in [-0.4, -0.2) is 33.4 Å². The van der Waals surface area contributed by atoms with E-state index < -0.39 is 28.5 Å². The standard InChI is InChI=1S/C12H11FN2O5/c13-9-1-2-10(15(19)20)7(3-9)5-14-6-8(12(17)18)4-11(14)16/h1-3,8H,4-6H2,(H,17,18). The van der Waals surface area contributed by atoms with Crippen LogP contribution in [-0.2, 0) is 16.1 Å². The van der Waals surface area contributed by atoms with Crippen LogP contribution in [0.25, 0.3) is 0 Å². The number of hydrogen-bond donors (Lipinski definition) is 1. The Bertz CT molecular complexity index is 589. The summed E-state index contributed by atoms with van der Waals surface area (Å²) in [5.74, 6) is -2.97. The molecule has 1 heterocycles. The number of likely N-dealkylation sites (tertiary alicyclic amines) is 1. The molecule has 20 heavy (non-hydrogen) atoms. The Balaban J connectivity index is 2.22. The molecule has 0 aliphatic carbocycles. The fourth-order valence-corrected chi connectivity index (χ4v) is 2.15. The molecule has 0 aromatic heterocycles. The van der Waals surface area contributed by atoms with Crippen LogP contribution in [0.5, 0.6) is 0 Å². The van der Waals surface area contributed by atoms with Crippen molar-refractivity contribution in [1.29, 1.82) is 0 Å². The van der Waals surface area contributed by atoms with Gasteiger partial charge in [0, 0.05) is 19.0 Å². The SMILES string of the molecule is O=C(O)C1CC(=O)N(Cc2cc(F)ccc2[N+](=O)[O-])C1. The average Bonchev–Trinajstić information content (AvgIpc) is 2.71. The Kier molecular flexibility index (Phi) is 3.64. The lowest BCUT2D eigenvalue weighted by atomic mass is 10.1. The normalized spacial score (nSPS) is 18.4. The van der Waals surface area contributed by atoms with Crippen LogP contribution in [0, 0.1) is 21.8 Å². The summed E-state index contributed by atoms with van der Waals surface area (Å²) < 4.78 is 13.2. The van der Waals surface area contributed by atoms with Crippen molar-refractivity contribution in [2.75, 3.05) is 6.54 Å². The molecule has 7 nitrogen and oxygen atoms in total. The number of rotatable bonds is 4. The van der Waals surface area contributed by atoms with Crippen molar-refractivity contribution in [3.8, 4) is 0 Å². The molecule has 0 bridgehead atoms. The van der Waals surface area contributed by atoms with Gasteiger partial charge in [-0.1, -0.05) is 0 Å². The molecule has 1 aliphatic heterocycles. The summed E-state index contributed by atoms with van der Waals surface area (Å²) in [7, 11) is 0. The van der Waals surface area contributed by atoms with Gasteiger partial charge in [-0.3, -0.25) is 19.7 Å². The molecule has 0 radical (unpaired) electrons. The van der Waals surface area contributed by atoms with Gasteiger partial charge in [0.15, 0.2) is 0 Å². The third-order valence-corrected chi connectivity index (χ3v) is 3.16. The molecule has 1 unspecified atom stereocenters. The summed E-state index contributed by atoms with van der Waals surface area (Å²) in [6.45, 7) is -0.196. The van der Waals surface area contributed by atoms with Crippen LogP contribution in [0.15, 0.2) is 18.2 Å². The zero-order chi connectivity index (χ0) is 14.9. The summed E-state index contributed by atoms with van der Waals surface area (Å²) in [5.41, 5.74) is -0.243. The molecule has 0 spiro atoms. The van der Waals surface area contributed by atoms with E-state index in [9.17, 15) is 24.1 Å². The van der Waals surface area contributed by atoms with E-state index in [1.54, 1.807) is 0 Å². The molecule has 1 atom stereocenters. The van der Waals surface area contributed by atoms with E-state index >= 15 is 0 Å². The van der Waals surface area contributed by atoms with E-state index in [1.165, 1.54) is 4.90 Å². The maximum atomic E-state index is 13.2. The maximum Gasteiger partial charge on any atom is 0.308 e. The quantitative estimate of drug-likeness (QED) is 0.659. The largest absolute Gasteiger partial charge is 0.481 e. The number of nitro groups is 1. The van der Waals surface area contributed by atoms with Gasteiger partial charge in [0.2, 0.25) is 5.91 Å². The van der Waals surface area contributed by atoms with E-state index in [0.29, 0.717) is 0 Å². The van der Waals surface area contributed by atoms with Crippen LogP contribution < -0.4 is 0 Å². The number of nitro benzene ring substituents is 1. The number of carboxylic acids is 1. The van der Waals surface area contributed by atoms with Crippen molar-refractivity contribution in [3.63, 3.8) is 0 Å². The van der Waals surface area contributed by atoms with E-state index in [-0.39, 0.29) is 30.8 Å². The van der Waals surface area contributed by atoms with Crippen LogP contribution in [0.1, 0.15) is 12.0 Å². The second-order valence-electron chi connectivity index (χ2n) is 4.54. The molecular formula is C12H11FN2O5. The maximum absolute atomic E-state index is 13.2. The zero-order valence-electron chi connectivity index (χ0n) is 10.3. The topological polar surface area (TPSA) is 101 Å². The Morgan fingerprint density at radius 3 is 2.80 bits per heavy atom. The smallest absolute Gasteiger partial charge is 0.308 e. The van der Waals surface area contributed by atoms with Gasteiger partial charge in [-0.05, 0) is 12.1 Å². The molecular weight excluding hydrogens is 271 g/mol. The number of amides is 1. The fraction of sp³-hybridized carbons (Fsp3) is 0.333. The van der Waals surface area contributed by atoms with E-state index in [0.717, 1.165) is 18.2 Å². The minimum atomic E-state index is -1.09. The lowest BCUT2D eigenvalue weighted by Crippen LogP contribution is -2.26. The molecule has 1 aromatic rings. The van der Waals surface area contributed by atoms with Gasteiger partial charge in [-0.2, -0.15) is 0 Å². The molecule has 0 saturated carbocycles. The summed E-state index contributed by atoms with van der Waals surface area (Å²) in [6, 6.07) is 2.98. The van der Waals surface area contributed by atoms with Gasteiger partial charge in [0.25, 0.3) is 5.69 Å². The molecule has 1 aromatic carbocycles. The highest BCUT2D eigenvalue weighted by atomic mass is 19.1. The van der Waals surface area contributed by atoms with E-state index in [4.69, 9.17) is 5.11 Å². The minimum Gasteiger partial charge on any atom is -0.481 e. The van der Waals surface area contributed by atoms with Crippen molar-refractivity contribution >= 4 is 17.6 Å². The third-order valence-electron chi connectivity index (χ3n) is 3.16. The minimum absolute atomic E-state index is 0.0260. The van der Waals surface area contributed by atoms with Gasteiger partial charge in [-0.25, -0.2) is 4.39 Å². The summed E-state index contributed by atoms with van der Waals surface area (Å²) in [5, 5.41) is 19.7. The number of benzene rings is 1. The van der Waals surface area contributed by atoms with Crippen molar-refractivity contribution in [2.24, 2.45) is 5.92 Å². The van der Waals surface area contributed by atoms with Crippen molar-refractivity contribution in [2.45, 2.75) is 13.0 Å². The Labute approximate surface area is 112 Å². The number of hydrogen-bond acceptors (Lipinski definition) is 4. The highest BCUT2D eigenvalue weighted by Gasteiger charge is 2.35. The molecule has 106 valence electrons. The van der Waals surface area contributed by atoms with Crippen molar-refractivity contribution < 1.29 is 24.0 Å². The first kappa shape index (κ1) is 13.9.